The molecule has 2 saturated heterocycles. The van der Waals surface area contributed by atoms with E-state index in [1.165, 1.54) is 24.9 Å². The number of alkyl halides is 3. The summed E-state index contributed by atoms with van der Waals surface area (Å²) >= 11 is 1.65. The fraction of sp³-hybridized carbons (Fsp3) is 0.433. The molecule has 3 aliphatic heterocycles. The number of carbonyl (C=O) groups excluding carboxylic acids is 3. The third-order valence-corrected chi connectivity index (χ3v) is 9.40. The van der Waals surface area contributed by atoms with Crippen LogP contribution in [-0.4, -0.2) is 81.0 Å². The minimum Gasteiger partial charge on any atom is -0.475 e. The van der Waals surface area contributed by atoms with Crippen LogP contribution in [0.2, 0.25) is 0 Å². The molecule has 2 aromatic rings. The Balaban J connectivity index is 0.000000472. The highest BCUT2D eigenvalue weighted by atomic mass is 32.2. The zero-order valence-electron chi connectivity index (χ0n) is 23.2. The van der Waals surface area contributed by atoms with Crippen LogP contribution in [0.25, 0.3) is 0 Å². The van der Waals surface area contributed by atoms with E-state index in [2.05, 4.69) is 0 Å². The molecule has 0 unspecified atom stereocenters. The molecule has 0 aromatic heterocycles. The largest absolute Gasteiger partial charge is 0.490 e. The number of nitrogens with zero attached hydrogens (tertiary/aromatic N) is 3. The van der Waals surface area contributed by atoms with Gasteiger partial charge in [-0.1, -0.05) is 72.4 Å². The molecule has 6 rings (SSSR count). The maximum absolute atomic E-state index is 14.1. The molecule has 1 saturated carbocycles. The number of aliphatic imine (C=N–C) groups is 1. The number of methoxy groups -OCH3 is 1. The Bertz CT molecular complexity index is 1420. The number of carboxylic acids is 1. The summed E-state index contributed by atoms with van der Waals surface area (Å²) in [7, 11) is 1.37. The summed E-state index contributed by atoms with van der Waals surface area (Å²) < 4.78 is 37.2. The minimum atomic E-state index is -5.08. The molecule has 1 aliphatic carbocycles. The topological polar surface area (TPSA) is 117 Å². The average molecular weight is 618 g/mol. The van der Waals surface area contributed by atoms with Crippen molar-refractivity contribution in [2.75, 3.05) is 19.4 Å². The standard InChI is InChI=1S/C28H29N3O4S.C2HF3O2/c1-35-26(34)28(14-18-8-4-2-5-9-18)23-22(21-15-29-27(31(21)28)36-17-20-12-13-20)24(32)30(25(23)33)16-19-10-6-3-7-11-19;3-2(4,5)1(6)7/h2-11,20-23H,12-17H2,1H3;(H,6,7)/t21-,22+,23-,28-;/m1./s1. The van der Waals surface area contributed by atoms with Gasteiger partial charge in [0.1, 0.15) is 0 Å². The molecular formula is C30H30F3N3O6S. The fourth-order valence-electron chi connectivity index (χ4n) is 6.09. The summed E-state index contributed by atoms with van der Waals surface area (Å²) in [6, 6.07) is 18.9. The van der Waals surface area contributed by atoms with Crippen LogP contribution in [-0.2, 0) is 36.9 Å². The number of aliphatic carboxylic acids is 1. The summed E-state index contributed by atoms with van der Waals surface area (Å²) in [6.07, 6.45) is -2.38. The molecule has 43 heavy (non-hydrogen) atoms. The summed E-state index contributed by atoms with van der Waals surface area (Å²) in [5, 5.41) is 7.89. The van der Waals surface area contributed by atoms with Gasteiger partial charge in [0.05, 0.1) is 38.1 Å². The van der Waals surface area contributed by atoms with Crippen molar-refractivity contribution >= 4 is 40.7 Å². The number of ether oxygens (including phenoxy) is 1. The predicted octanol–water partition coefficient (Wildman–Crippen LogP) is 3.77. The number of imide groups is 1. The number of rotatable bonds is 7. The Hall–Kier alpha value is -3.87. The van der Waals surface area contributed by atoms with Crippen molar-refractivity contribution in [3.8, 4) is 0 Å². The number of hydrogen-bond acceptors (Lipinski definition) is 8. The van der Waals surface area contributed by atoms with Crippen LogP contribution < -0.4 is 0 Å². The number of amides is 2. The van der Waals surface area contributed by atoms with E-state index in [0.29, 0.717) is 12.5 Å². The lowest BCUT2D eigenvalue weighted by Crippen LogP contribution is -2.61. The first-order valence-electron chi connectivity index (χ1n) is 13.8. The van der Waals surface area contributed by atoms with Crippen molar-refractivity contribution in [2.24, 2.45) is 22.7 Å². The zero-order chi connectivity index (χ0) is 30.9. The number of carbonyl (C=O) groups is 4. The van der Waals surface area contributed by atoms with E-state index in [1.807, 2.05) is 65.6 Å². The van der Waals surface area contributed by atoms with Gasteiger partial charge in [-0.15, -0.1) is 0 Å². The van der Waals surface area contributed by atoms with E-state index in [0.717, 1.165) is 22.0 Å². The van der Waals surface area contributed by atoms with Crippen molar-refractivity contribution in [2.45, 2.75) is 43.6 Å². The van der Waals surface area contributed by atoms with Crippen molar-refractivity contribution in [1.29, 1.82) is 0 Å². The molecule has 2 amide bonds. The highest BCUT2D eigenvalue weighted by Gasteiger charge is 2.73. The number of benzene rings is 2. The first-order valence-corrected chi connectivity index (χ1v) is 14.8. The van der Waals surface area contributed by atoms with Crippen LogP contribution in [0.4, 0.5) is 13.2 Å². The molecule has 13 heteroatoms. The summed E-state index contributed by atoms with van der Waals surface area (Å²) in [6.45, 7) is 0.602. The molecule has 3 fully saturated rings. The number of amidine groups is 1. The molecule has 4 aliphatic rings. The van der Waals surface area contributed by atoms with Crippen molar-refractivity contribution in [3.63, 3.8) is 0 Å². The van der Waals surface area contributed by atoms with Gasteiger partial charge in [-0.05, 0) is 29.9 Å². The predicted molar refractivity (Wildman–Crippen MR) is 151 cm³/mol. The van der Waals surface area contributed by atoms with E-state index in [1.54, 1.807) is 11.8 Å². The second kappa shape index (κ2) is 12.0. The molecule has 2 aromatic carbocycles. The first kappa shape index (κ1) is 30.6. The van der Waals surface area contributed by atoms with Crippen molar-refractivity contribution in [3.05, 3.63) is 71.8 Å². The molecule has 0 radical (unpaired) electrons. The van der Waals surface area contributed by atoms with Gasteiger partial charge in [0, 0.05) is 12.2 Å². The molecule has 9 nitrogen and oxygen atoms in total. The Labute approximate surface area is 250 Å². The highest BCUT2D eigenvalue weighted by Crippen LogP contribution is 2.54. The lowest BCUT2D eigenvalue weighted by molar-refractivity contribution is -0.192. The van der Waals surface area contributed by atoms with Gasteiger partial charge in [0.2, 0.25) is 11.8 Å². The Kier molecular flexibility index (Phi) is 8.55. The molecule has 4 atom stereocenters. The Morgan fingerprint density at radius 3 is 2.14 bits per heavy atom. The minimum absolute atomic E-state index is 0.199. The van der Waals surface area contributed by atoms with Gasteiger partial charge in [-0.25, -0.2) is 9.59 Å². The van der Waals surface area contributed by atoms with Gasteiger partial charge in [0.15, 0.2) is 10.7 Å². The molecule has 0 spiro atoms. The van der Waals surface area contributed by atoms with Crippen LogP contribution in [0.5, 0.6) is 0 Å². The number of esters is 1. The van der Waals surface area contributed by atoms with E-state index in [9.17, 15) is 27.6 Å². The maximum Gasteiger partial charge on any atom is 0.490 e. The maximum atomic E-state index is 14.1. The van der Waals surface area contributed by atoms with Gasteiger partial charge >= 0.3 is 18.1 Å². The number of carboxylic acid groups (broad SMARTS) is 1. The lowest BCUT2D eigenvalue weighted by atomic mass is 9.76. The van der Waals surface area contributed by atoms with E-state index in [4.69, 9.17) is 19.6 Å². The van der Waals surface area contributed by atoms with E-state index in [-0.39, 0.29) is 30.8 Å². The lowest BCUT2D eigenvalue weighted by Gasteiger charge is -2.40. The molecule has 1 N–H and O–H groups in total. The molecule has 228 valence electrons. The quantitative estimate of drug-likeness (QED) is 0.369. The van der Waals surface area contributed by atoms with Crippen LogP contribution in [0.15, 0.2) is 65.7 Å². The second-order valence-corrected chi connectivity index (χ2v) is 11.9. The molecule has 0 bridgehead atoms. The van der Waals surface area contributed by atoms with Gasteiger partial charge in [-0.3, -0.25) is 19.5 Å². The normalized spacial score (nSPS) is 26.0. The fourth-order valence-corrected chi connectivity index (χ4v) is 7.41. The average Bonchev–Trinajstić information content (AvgIpc) is 3.59. The van der Waals surface area contributed by atoms with Crippen LogP contribution in [0, 0.1) is 17.8 Å². The summed E-state index contributed by atoms with van der Waals surface area (Å²) in [4.78, 5) is 58.8. The Morgan fingerprint density at radius 2 is 1.60 bits per heavy atom. The van der Waals surface area contributed by atoms with Gasteiger partial charge in [0.25, 0.3) is 0 Å². The van der Waals surface area contributed by atoms with E-state index >= 15 is 0 Å². The zero-order valence-corrected chi connectivity index (χ0v) is 24.0. The summed E-state index contributed by atoms with van der Waals surface area (Å²) in [5.74, 6) is -3.60. The monoisotopic (exact) mass is 617 g/mol. The Morgan fingerprint density at radius 1 is 1.02 bits per heavy atom. The third kappa shape index (κ3) is 5.86. The molecule has 3 heterocycles. The van der Waals surface area contributed by atoms with Crippen molar-refractivity contribution < 1.29 is 42.2 Å². The second-order valence-electron chi connectivity index (χ2n) is 10.9. The van der Waals surface area contributed by atoms with Crippen LogP contribution in [0.1, 0.15) is 24.0 Å². The first-order chi connectivity index (χ1) is 20.5. The number of fused-ring (bicyclic) bond motifs is 3. The van der Waals surface area contributed by atoms with Gasteiger partial charge in [-0.2, -0.15) is 13.2 Å². The number of thioether (sulfide) groups is 1. The number of hydrogen-bond donors (Lipinski definition) is 1. The molecular weight excluding hydrogens is 587 g/mol. The number of likely N-dealkylation sites (tertiary alicyclic amines) is 1. The smallest absolute Gasteiger partial charge is 0.475 e. The third-order valence-electron chi connectivity index (χ3n) is 8.18. The van der Waals surface area contributed by atoms with Crippen LogP contribution >= 0.6 is 11.8 Å². The van der Waals surface area contributed by atoms with Crippen molar-refractivity contribution in [1.82, 2.24) is 9.80 Å². The van der Waals surface area contributed by atoms with Crippen LogP contribution in [0.3, 0.4) is 0 Å². The summed E-state index contributed by atoms with van der Waals surface area (Å²) in [5.41, 5.74) is 0.476. The highest BCUT2D eigenvalue weighted by molar-refractivity contribution is 8.13. The number of halogens is 3. The SMILES string of the molecule is COC(=O)[C@@]1(Cc2ccccc2)[C@H]2C(=O)N(Cc3ccccc3)C(=O)[C@H]2[C@H]2CN=C(SCC3CC3)N21.O=C(O)C(F)(F)F. The van der Waals surface area contributed by atoms with Gasteiger partial charge < -0.3 is 14.7 Å². The van der Waals surface area contributed by atoms with E-state index < -0.39 is 35.5 Å².